The van der Waals surface area contributed by atoms with Crippen molar-refractivity contribution in [3.8, 4) is 0 Å². The third-order valence-corrected chi connectivity index (χ3v) is 3.84. The molecule has 0 aromatic heterocycles. The van der Waals surface area contributed by atoms with E-state index in [2.05, 4.69) is 6.58 Å². The highest BCUT2D eigenvalue weighted by Crippen LogP contribution is 2.09. The molecule has 0 unspecified atom stereocenters. The van der Waals surface area contributed by atoms with Gasteiger partial charge in [-0.2, -0.15) is 0 Å². The maximum atomic E-state index is 11.9. The monoisotopic (exact) mass is 278 g/mol. The summed E-state index contributed by atoms with van der Waals surface area (Å²) in [4.78, 5) is 0.352. The Balaban J connectivity index is 0.000000218. The number of rotatable bonds is 3. The van der Waals surface area contributed by atoms with Crippen LogP contribution in [0.25, 0.3) is 0 Å². The van der Waals surface area contributed by atoms with Gasteiger partial charge in [0.1, 0.15) is 5.82 Å². The minimum Gasteiger partial charge on any atom is -0.223 e. The van der Waals surface area contributed by atoms with Gasteiger partial charge in [-0.05, 0) is 24.3 Å². The van der Waals surface area contributed by atoms with Gasteiger partial charge in [0, 0.05) is 0 Å². The van der Waals surface area contributed by atoms with Crippen molar-refractivity contribution in [2.45, 2.75) is 4.90 Å². The van der Waals surface area contributed by atoms with E-state index < -0.39 is 9.84 Å². The molecule has 2 aromatic carbocycles. The molecular weight excluding hydrogens is 263 g/mol. The zero-order chi connectivity index (χ0) is 14.1. The molecule has 0 aliphatic carbocycles. The van der Waals surface area contributed by atoms with E-state index in [9.17, 15) is 12.8 Å². The Kier molecular flexibility index (Phi) is 5.96. The van der Waals surface area contributed by atoms with Crippen LogP contribution < -0.4 is 0 Å². The maximum absolute atomic E-state index is 11.9. The summed E-state index contributed by atoms with van der Waals surface area (Å²) >= 11 is 0. The Morgan fingerprint density at radius 1 is 0.947 bits per heavy atom. The number of halogens is 1. The average Bonchev–Trinajstić information content (AvgIpc) is 2.41. The molecule has 0 radical (unpaired) electrons. The van der Waals surface area contributed by atoms with Crippen molar-refractivity contribution in [1.82, 2.24) is 0 Å². The molecule has 0 heterocycles. The van der Waals surface area contributed by atoms with Crippen molar-refractivity contribution in [3.05, 3.63) is 79.1 Å². The standard InChI is InChI=1S/C9H10O2S.C6H5F/c1-2-8-12(10,11)9-6-4-3-5-7-9;7-6-4-2-1-3-5-6/h2-7H,1,8H2;1-5H. The molecule has 100 valence electrons. The van der Waals surface area contributed by atoms with E-state index in [1.165, 1.54) is 18.2 Å². The lowest BCUT2D eigenvalue weighted by molar-refractivity contribution is 0.599. The van der Waals surface area contributed by atoms with E-state index >= 15 is 0 Å². The number of benzene rings is 2. The van der Waals surface area contributed by atoms with Crippen LogP contribution in [-0.2, 0) is 9.84 Å². The van der Waals surface area contributed by atoms with Gasteiger partial charge < -0.3 is 0 Å². The number of hydrogen-bond acceptors (Lipinski definition) is 2. The summed E-state index contributed by atoms with van der Waals surface area (Å²) in [5.41, 5.74) is 0. The summed E-state index contributed by atoms with van der Waals surface area (Å²) in [7, 11) is -3.13. The molecule has 0 spiro atoms. The van der Waals surface area contributed by atoms with Crippen molar-refractivity contribution < 1.29 is 12.8 Å². The van der Waals surface area contributed by atoms with Crippen LogP contribution in [0.15, 0.2) is 78.2 Å². The molecular formula is C15H15FO2S. The lowest BCUT2D eigenvalue weighted by atomic mass is 10.4. The molecule has 0 fully saturated rings. The molecule has 2 nitrogen and oxygen atoms in total. The molecule has 0 aliphatic rings. The van der Waals surface area contributed by atoms with Crippen LogP contribution in [-0.4, -0.2) is 14.2 Å². The van der Waals surface area contributed by atoms with Gasteiger partial charge in [-0.3, -0.25) is 0 Å². The van der Waals surface area contributed by atoms with E-state index in [-0.39, 0.29) is 11.6 Å². The molecule has 0 bridgehead atoms. The predicted molar refractivity (Wildman–Crippen MR) is 75.1 cm³/mol. The second-order valence-corrected chi connectivity index (χ2v) is 5.71. The second kappa shape index (κ2) is 7.48. The molecule has 19 heavy (non-hydrogen) atoms. The Labute approximate surface area is 113 Å². The summed E-state index contributed by atoms with van der Waals surface area (Å²) in [6.45, 7) is 3.39. The summed E-state index contributed by atoms with van der Waals surface area (Å²) in [6.07, 6.45) is 1.39. The molecule has 0 atom stereocenters. The number of sulfone groups is 1. The van der Waals surface area contributed by atoms with Crippen LogP contribution in [0.3, 0.4) is 0 Å². The zero-order valence-electron chi connectivity index (χ0n) is 10.4. The third kappa shape index (κ3) is 5.48. The molecule has 2 aromatic rings. The highest BCUT2D eigenvalue weighted by Gasteiger charge is 2.09. The van der Waals surface area contributed by atoms with E-state index in [0.29, 0.717) is 4.90 Å². The molecule has 0 amide bonds. The fourth-order valence-electron chi connectivity index (χ4n) is 1.29. The van der Waals surface area contributed by atoms with Crippen molar-refractivity contribution in [2.75, 3.05) is 5.75 Å². The lowest BCUT2D eigenvalue weighted by Crippen LogP contribution is -2.03. The summed E-state index contributed by atoms with van der Waals surface area (Å²) in [6, 6.07) is 16.3. The van der Waals surface area contributed by atoms with Gasteiger partial charge >= 0.3 is 0 Å². The van der Waals surface area contributed by atoms with Gasteiger partial charge in [-0.1, -0.05) is 42.5 Å². The molecule has 0 saturated heterocycles. The fraction of sp³-hybridized carbons (Fsp3) is 0.0667. The van der Waals surface area contributed by atoms with Crippen LogP contribution in [0, 0.1) is 5.82 Å². The zero-order valence-corrected chi connectivity index (χ0v) is 11.2. The minimum absolute atomic E-state index is 0.00296. The van der Waals surface area contributed by atoms with Gasteiger partial charge in [0.25, 0.3) is 0 Å². The van der Waals surface area contributed by atoms with E-state index in [1.54, 1.807) is 48.5 Å². The predicted octanol–water partition coefficient (Wildman–Crippen LogP) is 3.47. The highest BCUT2D eigenvalue weighted by atomic mass is 32.2. The second-order valence-electron chi connectivity index (χ2n) is 3.68. The van der Waals surface area contributed by atoms with Crippen LogP contribution in [0.5, 0.6) is 0 Å². The quantitative estimate of drug-likeness (QED) is 0.806. The Hall–Kier alpha value is -1.94. The van der Waals surface area contributed by atoms with E-state index in [4.69, 9.17) is 0 Å². The first-order chi connectivity index (χ1) is 9.06. The van der Waals surface area contributed by atoms with E-state index in [1.807, 2.05) is 0 Å². The van der Waals surface area contributed by atoms with Gasteiger partial charge in [-0.25, -0.2) is 12.8 Å². The summed E-state index contributed by atoms with van der Waals surface area (Å²) in [5.74, 6) is -0.181. The molecule has 4 heteroatoms. The third-order valence-electron chi connectivity index (χ3n) is 2.17. The topological polar surface area (TPSA) is 34.1 Å². The molecule has 0 aliphatic heterocycles. The average molecular weight is 278 g/mol. The van der Waals surface area contributed by atoms with E-state index in [0.717, 1.165) is 0 Å². The van der Waals surface area contributed by atoms with Crippen molar-refractivity contribution in [2.24, 2.45) is 0 Å². The first kappa shape index (κ1) is 15.1. The van der Waals surface area contributed by atoms with Crippen molar-refractivity contribution in [3.63, 3.8) is 0 Å². The fourth-order valence-corrected chi connectivity index (χ4v) is 2.37. The first-order valence-corrected chi connectivity index (χ1v) is 7.31. The molecule has 0 N–H and O–H groups in total. The minimum atomic E-state index is -3.13. The highest BCUT2D eigenvalue weighted by molar-refractivity contribution is 7.91. The first-order valence-electron chi connectivity index (χ1n) is 5.65. The SMILES string of the molecule is C=CCS(=O)(=O)c1ccccc1.Fc1ccccc1. The maximum Gasteiger partial charge on any atom is 0.181 e. The van der Waals surface area contributed by atoms with Crippen LogP contribution in [0.1, 0.15) is 0 Å². The molecule has 2 rings (SSSR count). The Bertz CT molecular complexity index is 593. The Morgan fingerprint density at radius 2 is 1.42 bits per heavy atom. The van der Waals surface area contributed by atoms with Crippen LogP contribution in [0.2, 0.25) is 0 Å². The van der Waals surface area contributed by atoms with Gasteiger partial charge in [0.2, 0.25) is 0 Å². The summed E-state index contributed by atoms with van der Waals surface area (Å²) < 4.78 is 34.6. The van der Waals surface area contributed by atoms with Gasteiger partial charge in [0.05, 0.1) is 10.6 Å². The van der Waals surface area contributed by atoms with Crippen LogP contribution >= 0.6 is 0 Å². The lowest BCUT2D eigenvalue weighted by Gasteiger charge is -1.98. The number of hydrogen-bond donors (Lipinski definition) is 0. The normalized spacial score (nSPS) is 10.2. The largest absolute Gasteiger partial charge is 0.223 e. The van der Waals surface area contributed by atoms with Gasteiger partial charge in [0.15, 0.2) is 9.84 Å². The van der Waals surface area contributed by atoms with Crippen LogP contribution in [0.4, 0.5) is 4.39 Å². The molecule has 0 saturated carbocycles. The van der Waals surface area contributed by atoms with Crippen molar-refractivity contribution in [1.29, 1.82) is 0 Å². The summed E-state index contributed by atoms with van der Waals surface area (Å²) in [5, 5.41) is 0. The Morgan fingerprint density at radius 3 is 1.79 bits per heavy atom. The smallest absolute Gasteiger partial charge is 0.181 e. The van der Waals surface area contributed by atoms with Crippen molar-refractivity contribution >= 4 is 9.84 Å². The van der Waals surface area contributed by atoms with Gasteiger partial charge in [-0.15, -0.1) is 6.58 Å².